The Morgan fingerprint density at radius 1 is 1.32 bits per heavy atom. The summed E-state index contributed by atoms with van der Waals surface area (Å²) in [5, 5.41) is 2.79. The molecule has 0 unspecified atom stereocenters. The summed E-state index contributed by atoms with van der Waals surface area (Å²) < 4.78 is 0. The molecular weight excluding hydrogens is 276 g/mol. The van der Waals surface area contributed by atoms with Gasteiger partial charge in [-0.1, -0.05) is 32.8 Å². The zero-order valence-corrected chi connectivity index (χ0v) is 13.8. The van der Waals surface area contributed by atoms with Gasteiger partial charge in [0.25, 0.3) is 0 Å². The van der Waals surface area contributed by atoms with Crippen LogP contribution in [-0.4, -0.2) is 24.9 Å². The molecule has 0 radical (unpaired) electrons. The summed E-state index contributed by atoms with van der Waals surface area (Å²) in [4.78, 5) is 25.8. The zero-order chi connectivity index (χ0) is 16.8. The zero-order valence-electron chi connectivity index (χ0n) is 13.8. The second kappa shape index (κ2) is 7.65. The SMILES string of the molecule is C#Cc1cccc(N(CC)C(=O)CCNC(=O)C(C)(C)C)c1. The number of hydrogen-bond donors (Lipinski definition) is 1. The molecule has 0 saturated carbocycles. The maximum absolute atomic E-state index is 12.3. The number of amides is 2. The van der Waals surface area contributed by atoms with Gasteiger partial charge in [-0.15, -0.1) is 6.42 Å². The van der Waals surface area contributed by atoms with Crippen molar-refractivity contribution in [3.63, 3.8) is 0 Å². The lowest BCUT2D eigenvalue weighted by Crippen LogP contribution is -2.38. The van der Waals surface area contributed by atoms with E-state index in [4.69, 9.17) is 6.42 Å². The molecule has 2 amide bonds. The van der Waals surface area contributed by atoms with Crippen LogP contribution in [0.15, 0.2) is 24.3 Å². The number of carbonyl (C=O) groups is 2. The number of rotatable bonds is 5. The third-order valence-electron chi connectivity index (χ3n) is 3.25. The first-order valence-electron chi connectivity index (χ1n) is 7.45. The Hall–Kier alpha value is -2.28. The van der Waals surface area contributed by atoms with Crippen LogP contribution < -0.4 is 10.2 Å². The fraction of sp³-hybridized carbons (Fsp3) is 0.444. The molecule has 0 fully saturated rings. The fourth-order valence-corrected chi connectivity index (χ4v) is 1.95. The van der Waals surface area contributed by atoms with Gasteiger partial charge in [0.05, 0.1) is 0 Å². The highest BCUT2D eigenvalue weighted by Gasteiger charge is 2.21. The van der Waals surface area contributed by atoms with Gasteiger partial charge in [-0.2, -0.15) is 0 Å². The summed E-state index contributed by atoms with van der Waals surface area (Å²) in [6.07, 6.45) is 5.65. The van der Waals surface area contributed by atoms with E-state index in [0.29, 0.717) is 13.1 Å². The standard InChI is InChI=1S/C18H24N2O2/c1-6-14-9-8-10-15(13-14)20(7-2)16(21)11-12-19-17(22)18(3,4)5/h1,8-10,13H,7,11-12H2,2-5H3,(H,19,22). The minimum absolute atomic E-state index is 0.0362. The number of hydrogen-bond acceptors (Lipinski definition) is 2. The Balaban J connectivity index is 2.66. The van der Waals surface area contributed by atoms with Gasteiger partial charge < -0.3 is 10.2 Å². The summed E-state index contributed by atoms with van der Waals surface area (Å²) in [5.74, 6) is 2.47. The van der Waals surface area contributed by atoms with E-state index in [9.17, 15) is 9.59 Å². The first-order valence-corrected chi connectivity index (χ1v) is 7.45. The normalized spacial score (nSPS) is 10.7. The first-order chi connectivity index (χ1) is 10.3. The van der Waals surface area contributed by atoms with E-state index in [0.717, 1.165) is 11.3 Å². The van der Waals surface area contributed by atoms with Crippen molar-refractivity contribution in [3.05, 3.63) is 29.8 Å². The molecule has 4 heteroatoms. The average molecular weight is 300 g/mol. The van der Waals surface area contributed by atoms with Gasteiger partial charge in [0.1, 0.15) is 0 Å². The van der Waals surface area contributed by atoms with Crippen molar-refractivity contribution < 1.29 is 9.59 Å². The number of carbonyl (C=O) groups excluding carboxylic acids is 2. The van der Waals surface area contributed by atoms with Crippen LogP contribution in [0.4, 0.5) is 5.69 Å². The van der Waals surface area contributed by atoms with E-state index >= 15 is 0 Å². The van der Waals surface area contributed by atoms with E-state index in [1.807, 2.05) is 52.0 Å². The highest BCUT2D eigenvalue weighted by molar-refractivity contribution is 5.94. The summed E-state index contributed by atoms with van der Waals surface area (Å²) >= 11 is 0. The molecule has 1 aromatic rings. The van der Waals surface area contributed by atoms with Crippen molar-refractivity contribution in [1.82, 2.24) is 5.32 Å². The summed E-state index contributed by atoms with van der Waals surface area (Å²) in [7, 11) is 0. The second-order valence-corrected chi connectivity index (χ2v) is 6.09. The van der Waals surface area contributed by atoms with Crippen LogP contribution in [0, 0.1) is 17.8 Å². The van der Waals surface area contributed by atoms with E-state index < -0.39 is 5.41 Å². The van der Waals surface area contributed by atoms with Crippen LogP contribution in [0.1, 0.15) is 39.7 Å². The molecule has 22 heavy (non-hydrogen) atoms. The third-order valence-corrected chi connectivity index (χ3v) is 3.25. The van der Waals surface area contributed by atoms with Gasteiger partial charge in [-0.3, -0.25) is 9.59 Å². The van der Waals surface area contributed by atoms with E-state index in [1.54, 1.807) is 4.90 Å². The minimum atomic E-state index is -0.450. The molecule has 0 aliphatic carbocycles. The van der Waals surface area contributed by atoms with Crippen molar-refractivity contribution in [2.45, 2.75) is 34.1 Å². The smallest absolute Gasteiger partial charge is 0.228 e. The summed E-state index contributed by atoms with van der Waals surface area (Å²) in [6, 6.07) is 7.33. The van der Waals surface area contributed by atoms with E-state index in [2.05, 4.69) is 11.2 Å². The van der Waals surface area contributed by atoms with Crippen molar-refractivity contribution in [3.8, 4) is 12.3 Å². The molecule has 0 heterocycles. The van der Waals surface area contributed by atoms with Crippen LogP contribution in [0.3, 0.4) is 0 Å². The number of terminal acetylenes is 1. The maximum Gasteiger partial charge on any atom is 0.228 e. The molecule has 0 aromatic heterocycles. The van der Waals surface area contributed by atoms with Crippen molar-refractivity contribution in [2.75, 3.05) is 18.0 Å². The molecule has 1 aromatic carbocycles. The Bertz CT molecular complexity index is 579. The number of nitrogens with one attached hydrogen (secondary N) is 1. The Labute approximate surface area is 132 Å². The van der Waals surface area contributed by atoms with Crippen LogP contribution in [0.25, 0.3) is 0 Å². The minimum Gasteiger partial charge on any atom is -0.355 e. The predicted octanol–water partition coefficient (Wildman–Crippen LogP) is 2.57. The molecule has 0 aliphatic heterocycles. The molecule has 0 bridgehead atoms. The highest BCUT2D eigenvalue weighted by atomic mass is 16.2. The Kier molecular flexibility index (Phi) is 6.18. The predicted molar refractivity (Wildman–Crippen MR) is 89.5 cm³/mol. The van der Waals surface area contributed by atoms with Gasteiger partial charge >= 0.3 is 0 Å². The largest absolute Gasteiger partial charge is 0.355 e. The quantitative estimate of drug-likeness (QED) is 0.850. The van der Waals surface area contributed by atoms with Crippen molar-refractivity contribution >= 4 is 17.5 Å². The van der Waals surface area contributed by atoms with Gasteiger partial charge in [-0.05, 0) is 25.1 Å². The average Bonchev–Trinajstić information content (AvgIpc) is 2.47. The third kappa shape index (κ3) is 4.92. The monoisotopic (exact) mass is 300 g/mol. The van der Waals surface area contributed by atoms with Crippen molar-refractivity contribution in [2.24, 2.45) is 5.41 Å². The lowest BCUT2D eigenvalue weighted by molar-refractivity contribution is -0.128. The molecule has 0 spiro atoms. The van der Waals surface area contributed by atoms with Gasteiger partial charge in [-0.25, -0.2) is 0 Å². The molecule has 0 saturated heterocycles. The lowest BCUT2D eigenvalue weighted by Gasteiger charge is -2.22. The van der Waals surface area contributed by atoms with E-state index in [-0.39, 0.29) is 18.2 Å². The Morgan fingerprint density at radius 2 is 2.00 bits per heavy atom. The van der Waals surface area contributed by atoms with Gasteiger partial charge in [0, 0.05) is 36.2 Å². The topological polar surface area (TPSA) is 49.4 Å². The number of benzene rings is 1. The lowest BCUT2D eigenvalue weighted by atomic mass is 9.96. The molecule has 4 nitrogen and oxygen atoms in total. The van der Waals surface area contributed by atoms with Crippen LogP contribution >= 0.6 is 0 Å². The van der Waals surface area contributed by atoms with Crippen LogP contribution in [0.2, 0.25) is 0 Å². The van der Waals surface area contributed by atoms with Gasteiger partial charge in [0.15, 0.2) is 0 Å². The van der Waals surface area contributed by atoms with Crippen LogP contribution in [0.5, 0.6) is 0 Å². The Morgan fingerprint density at radius 3 is 2.55 bits per heavy atom. The van der Waals surface area contributed by atoms with Gasteiger partial charge in [0.2, 0.25) is 11.8 Å². The van der Waals surface area contributed by atoms with Crippen LogP contribution in [-0.2, 0) is 9.59 Å². The number of nitrogens with zero attached hydrogens (tertiary/aromatic N) is 1. The first kappa shape index (κ1) is 17.8. The second-order valence-electron chi connectivity index (χ2n) is 6.09. The molecule has 118 valence electrons. The molecule has 0 aliphatic rings. The summed E-state index contributed by atoms with van der Waals surface area (Å²) in [5.41, 5.74) is 1.07. The van der Waals surface area contributed by atoms with E-state index in [1.165, 1.54) is 0 Å². The molecule has 1 N–H and O–H groups in total. The fourth-order valence-electron chi connectivity index (χ4n) is 1.95. The van der Waals surface area contributed by atoms with Crippen molar-refractivity contribution in [1.29, 1.82) is 0 Å². The molecule has 0 atom stereocenters. The maximum atomic E-state index is 12.3. The molecule has 1 rings (SSSR count). The summed E-state index contributed by atoms with van der Waals surface area (Å²) in [6.45, 7) is 8.32. The number of anilines is 1. The highest BCUT2D eigenvalue weighted by Crippen LogP contribution is 2.17. The molecular formula is C18H24N2O2.